The molecular formula is C20H23FN4O. The average Bonchev–Trinajstić information content (AvgIpc) is 3.10. The first-order valence-corrected chi connectivity index (χ1v) is 9.12. The highest BCUT2D eigenvalue weighted by Crippen LogP contribution is 2.36. The lowest BCUT2D eigenvalue weighted by atomic mass is 9.88. The monoisotopic (exact) mass is 354 g/mol. The molecule has 0 bridgehead atoms. The number of aryl methyl sites for hydroxylation is 1. The number of aromatic nitrogens is 3. The van der Waals surface area contributed by atoms with Crippen LogP contribution in [0.5, 0.6) is 5.75 Å². The SMILES string of the molecule is CCc1nnc2cc(N3CCC(c4cccc(F)c4OC)CC3)ccn12. The van der Waals surface area contributed by atoms with E-state index in [4.69, 9.17) is 4.74 Å². The number of ether oxygens (including phenoxy) is 1. The van der Waals surface area contributed by atoms with E-state index in [1.54, 1.807) is 6.07 Å². The quantitative estimate of drug-likeness (QED) is 0.714. The van der Waals surface area contributed by atoms with Crippen molar-refractivity contribution in [3.05, 3.63) is 53.7 Å². The maximum atomic E-state index is 14.0. The molecule has 0 unspecified atom stereocenters. The topological polar surface area (TPSA) is 42.7 Å². The summed E-state index contributed by atoms with van der Waals surface area (Å²) >= 11 is 0. The lowest BCUT2D eigenvalue weighted by molar-refractivity contribution is 0.371. The first kappa shape index (κ1) is 16.8. The molecule has 0 spiro atoms. The Morgan fingerprint density at radius 2 is 2.00 bits per heavy atom. The van der Waals surface area contributed by atoms with E-state index in [1.165, 1.54) is 13.2 Å². The molecule has 1 aliphatic heterocycles. The zero-order valence-corrected chi connectivity index (χ0v) is 15.2. The van der Waals surface area contributed by atoms with Crippen LogP contribution in [0, 0.1) is 5.82 Å². The number of rotatable bonds is 4. The third kappa shape index (κ3) is 2.89. The van der Waals surface area contributed by atoms with Gasteiger partial charge in [-0.3, -0.25) is 4.40 Å². The normalized spacial score (nSPS) is 15.6. The van der Waals surface area contributed by atoms with Crippen LogP contribution in [-0.2, 0) is 6.42 Å². The molecule has 0 amide bonds. The van der Waals surface area contributed by atoms with E-state index in [0.29, 0.717) is 11.7 Å². The third-order valence-electron chi connectivity index (χ3n) is 5.28. The van der Waals surface area contributed by atoms with Gasteiger partial charge in [0.2, 0.25) is 0 Å². The summed E-state index contributed by atoms with van der Waals surface area (Å²) in [6, 6.07) is 9.42. The molecule has 5 nitrogen and oxygen atoms in total. The van der Waals surface area contributed by atoms with Gasteiger partial charge in [0.05, 0.1) is 7.11 Å². The summed E-state index contributed by atoms with van der Waals surface area (Å²) < 4.78 is 21.3. The molecule has 0 aliphatic carbocycles. The molecule has 136 valence electrons. The summed E-state index contributed by atoms with van der Waals surface area (Å²) in [5, 5.41) is 8.49. The van der Waals surface area contributed by atoms with E-state index in [1.807, 2.05) is 16.7 Å². The van der Waals surface area contributed by atoms with Gasteiger partial charge < -0.3 is 9.64 Å². The minimum absolute atomic E-state index is 0.281. The van der Waals surface area contributed by atoms with Crippen molar-refractivity contribution in [2.24, 2.45) is 0 Å². The van der Waals surface area contributed by atoms with Crippen LogP contribution in [0.4, 0.5) is 10.1 Å². The number of methoxy groups -OCH3 is 1. The molecule has 4 rings (SSSR count). The minimum Gasteiger partial charge on any atom is -0.493 e. The molecule has 1 fully saturated rings. The Bertz CT molecular complexity index is 915. The number of benzene rings is 1. The number of pyridine rings is 1. The highest BCUT2D eigenvalue weighted by atomic mass is 19.1. The molecule has 1 saturated heterocycles. The van der Waals surface area contributed by atoms with Gasteiger partial charge in [0.1, 0.15) is 5.82 Å². The molecule has 0 radical (unpaired) electrons. The van der Waals surface area contributed by atoms with Crippen LogP contribution in [-0.4, -0.2) is 34.8 Å². The summed E-state index contributed by atoms with van der Waals surface area (Å²) in [6.07, 6.45) is 4.85. The van der Waals surface area contributed by atoms with Gasteiger partial charge in [-0.1, -0.05) is 19.1 Å². The van der Waals surface area contributed by atoms with Gasteiger partial charge in [-0.2, -0.15) is 0 Å². The molecule has 6 heteroatoms. The standard InChI is InChI=1S/C20H23FN4O/c1-3-18-22-23-19-13-15(9-12-25(18)19)24-10-7-14(8-11-24)16-5-4-6-17(21)20(16)26-2/h4-6,9,12-14H,3,7-8,10-11H2,1-2H3. The number of nitrogens with zero attached hydrogens (tertiary/aromatic N) is 4. The van der Waals surface area contributed by atoms with Crippen LogP contribution in [0.25, 0.3) is 5.65 Å². The van der Waals surface area contributed by atoms with E-state index in [0.717, 1.165) is 55.1 Å². The molecule has 3 aromatic rings. The second-order valence-electron chi connectivity index (χ2n) is 6.71. The number of fused-ring (bicyclic) bond motifs is 1. The Kier molecular flexibility index (Phi) is 4.49. The van der Waals surface area contributed by atoms with Gasteiger partial charge in [-0.05, 0) is 30.9 Å². The van der Waals surface area contributed by atoms with Crippen molar-refractivity contribution in [2.75, 3.05) is 25.1 Å². The van der Waals surface area contributed by atoms with Gasteiger partial charge in [-0.25, -0.2) is 4.39 Å². The van der Waals surface area contributed by atoms with E-state index >= 15 is 0 Å². The zero-order valence-electron chi connectivity index (χ0n) is 15.2. The van der Waals surface area contributed by atoms with Gasteiger partial charge in [0.15, 0.2) is 17.2 Å². The van der Waals surface area contributed by atoms with Crippen LogP contribution < -0.4 is 9.64 Å². The fourth-order valence-electron chi connectivity index (χ4n) is 3.88. The summed E-state index contributed by atoms with van der Waals surface area (Å²) in [5.74, 6) is 1.41. The lowest BCUT2D eigenvalue weighted by Crippen LogP contribution is -2.33. The molecule has 3 heterocycles. The first-order chi connectivity index (χ1) is 12.7. The molecule has 2 aromatic heterocycles. The molecular weight excluding hydrogens is 331 g/mol. The van der Waals surface area contributed by atoms with Crippen LogP contribution in [0.3, 0.4) is 0 Å². The predicted molar refractivity (Wildman–Crippen MR) is 99.5 cm³/mol. The van der Waals surface area contributed by atoms with Crippen molar-refractivity contribution in [2.45, 2.75) is 32.1 Å². The fourth-order valence-corrected chi connectivity index (χ4v) is 3.88. The van der Waals surface area contributed by atoms with Crippen LogP contribution in [0.15, 0.2) is 36.5 Å². The van der Waals surface area contributed by atoms with Crippen molar-refractivity contribution < 1.29 is 9.13 Å². The summed E-state index contributed by atoms with van der Waals surface area (Å²) in [4.78, 5) is 2.36. The van der Waals surface area contributed by atoms with E-state index < -0.39 is 0 Å². The Hall–Kier alpha value is -2.63. The molecule has 26 heavy (non-hydrogen) atoms. The lowest BCUT2D eigenvalue weighted by Gasteiger charge is -2.34. The fraction of sp³-hybridized carbons (Fsp3) is 0.400. The molecule has 1 aliphatic rings. The van der Waals surface area contributed by atoms with Crippen molar-refractivity contribution in [3.8, 4) is 5.75 Å². The average molecular weight is 354 g/mol. The minimum atomic E-state index is -0.281. The van der Waals surface area contributed by atoms with E-state index in [-0.39, 0.29) is 5.82 Å². The van der Waals surface area contributed by atoms with E-state index in [9.17, 15) is 4.39 Å². The molecule has 0 atom stereocenters. The van der Waals surface area contributed by atoms with Crippen molar-refractivity contribution in [1.82, 2.24) is 14.6 Å². The van der Waals surface area contributed by atoms with Crippen molar-refractivity contribution in [1.29, 1.82) is 0 Å². The van der Waals surface area contributed by atoms with Crippen LogP contribution in [0.2, 0.25) is 0 Å². The van der Waals surface area contributed by atoms with Gasteiger partial charge in [0, 0.05) is 43.0 Å². The summed E-state index contributed by atoms with van der Waals surface area (Å²) in [5.41, 5.74) is 3.03. The molecule has 0 saturated carbocycles. The maximum Gasteiger partial charge on any atom is 0.165 e. The number of anilines is 1. The highest BCUT2D eigenvalue weighted by Gasteiger charge is 2.24. The van der Waals surface area contributed by atoms with Crippen LogP contribution >= 0.6 is 0 Å². The van der Waals surface area contributed by atoms with Gasteiger partial charge in [-0.15, -0.1) is 10.2 Å². The predicted octanol–water partition coefficient (Wildman–Crippen LogP) is 3.82. The van der Waals surface area contributed by atoms with Crippen LogP contribution in [0.1, 0.15) is 37.1 Å². The Morgan fingerprint density at radius 1 is 1.19 bits per heavy atom. The smallest absolute Gasteiger partial charge is 0.165 e. The second kappa shape index (κ2) is 6.94. The van der Waals surface area contributed by atoms with Gasteiger partial charge >= 0.3 is 0 Å². The zero-order chi connectivity index (χ0) is 18.1. The number of para-hydroxylation sites is 1. The van der Waals surface area contributed by atoms with Crippen molar-refractivity contribution in [3.63, 3.8) is 0 Å². The Labute approximate surface area is 152 Å². The number of halogens is 1. The van der Waals surface area contributed by atoms with E-state index in [2.05, 4.69) is 34.2 Å². The van der Waals surface area contributed by atoms with Gasteiger partial charge in [0.25, 0.3) is 0 Å². The third-order valence-corrected chi connectivity index (χ3v) is 5.28. The summed E-state index contributed by atoms with van der Waals surface area (Å²) in [6.45, 7) is 3.93. The maximum absolute atomic E-state index is 14.0. The number of piperidine rings is 1. The van der Waals surface area contributed by atoms with Crippen molar-refractivity contribution >= 4 is 11.3 Å². The molecule has 1 aromatic carbocycles. The first-order valence-electron chi connectivity index (χ1n) is 9.12. The highest BCUT2D eigenvalue weighted by molar-refractivity contribution is 5.56. The Morgan fingerprint density at radius 3 is 2.73 bits per heavy atom. The summed E-state index contributed by atoms with van der Waals surface area (Å²) in [7, 11) is 1.54. The Balaban J connectivity index is 1.51. The number of hydrogen-bond donors (Lipinski definition) is 0. The number of hydrogen-bond acceptors (Lipinski definition) is 4. The molecule has 0 N–H and O–H groups in total. The second-order valence-corrected chi connectivity index (χ2v) is 6.71. The largest absolute Gasteiger partial charge is 0.493 e.